The summed E-state index contributed by atoms with van der Waals surface area (Å²) < 4.78 is 78.8. The molecule has 0 spiro atoms. The van der Waals surface area contributed by atoms with E-state index in [1.807, 2.05) is 0 Å². The zero-order valence-corrected chi connectivity index (χ0v) is 18.0. The molecule has 1 N–H and O–H groups in total. The molecular formula is C25H18F6N2O2. The van der Waals surface area contributed by atoms with Crippen molar-refractivity contribution >= 4 is 23.2 Å². The van der Waals surface area contributed by atoms with Crippen molar-refractivity contribution in [2.45, 2.75) is 25.2 Å². The van der Waals surface area contributed by atoms with Gasteiger partial charge in [-0.15, -0.1) is 0 Å². The van der Waals surface area contributed by atoms with Crippen LogP contribution < -0.4 is 10.2 Å². The van der Waals surface area contributed by atoms with Crippen molar-refractivity contribution in [2.24, 2.45) is 0 Å². The summed E-state index contributed by atoms with van der Waals surface area (Å²) in [5, 5.41) is 2.35. The summed E-state index contributed by atoms with van der Waals surface area (Å²) in [7, 11) is 0. The van der Waals surface area contributed by atoms with Crippen LogP contribution in [-0.4, -0.2) is 18.4 Å². The van der Waals surface area contributed by atoms with Crippen LogP contribution in [0, 0.1) is 0 Å². The van der Waals surface area contributed by atoms with Gasteiger partial charge < -0.3 is 10.2 Å². The van der Waals surface area contributed by atoms with E-state index in [0.29, 0.717) is 42.8 Å². The van der Waals surface area contributed by atoms with Crippen molar-refractivity contribution in [3.63, 3.8) is 0 Å². The van der Waals surface area contributed by atoms with Crippen LogP contribution in [0.3, 0.4) is 0 Å². The largest absolute Gasteiger partial charge is 0.416 e. The van der Waals surface area contributed by atoms with E-state index in [2.05, 4.69) is 5.32 Å². The molecule has 0 saturated heterocycles. The Labute approximate surface area is 196 Å². The van der Waals surface area contributed by atoms with Gasteiger partial charge in [0.1, 0.15) is 0 Å². The van der Waals surface area contributed by atoms with Gasteiger partial charge >= 0.3 is 12.4 Å². The number of nitrogens with zero attached hydrogens (tertiary/aromatic N) is 1. The van der Waals surface area contributed by atoms with Gasteiger partial charge in [-0.05, 0) is 60.9 Å². The molecule has 0 fully saturated rings. The molecule has 35 heavy (non-hydrogen) atoms. The smallest absolute Gasteiger partial charge is 0.322 e. The number of rotatable bonds is 3. The first-order chi connectivity index (χ1) is 16.4. The van der Waals surface area contributed by atoms with Crippen LogP contribution in [-0.2, 0) is 18.8 Å². The Kier molecular flexibility index (Phi) is 6.31. The lowest BCUT2D eigenvalue weighted by Crippen LogP contribution is -2.35. The SMILES string of the molecule is O=C(Nc1ccc2c(c1)N(C(=O)c1ccccc1)CCC2)c1cc(C(F)(F)F)cc(C(F)(F)F)c1. The second-order valence-corrected chi connectivity index (χ2v) is 8.02. The Morgan fingerprint density at radius 1 is 0.771 bits per heavy atom. The number of hydrogen-bond donors (Lipinski definition) is 1. The van der Waals surface area contributed by atoms with E-state index in [-0.39, 0.29) is 17.7 Å². The molecule has 3 aromatic carbocycles. The van der Waals surface area contributed by atoms with Crippen LogP contribution in [0.4, 0.5) is 37.7 Å². The number of carbonyl (C=O) groups excluding carboxylic acids is 2. The highest BCUT2D eigenvalue weighted by atomic mass is 19.4. The van der Waals surface area contributed by atoms with E-state index in [9.17, 15) is 35.9 Å². The molecule has 0 atom stereocenters. The normalized spacial score (nSPS) is 13.8. The number of benzene rings is 3. The molecule has 182 valence electrons. The molecule has 0 aromatic heterocycles. The zero-order chi connectivity index (χ0) is 25.4. The number of fused-ring (bicyclic) bond motifs is 1. The number of carbonyl (C=O) groups is 2. The molecule has 3 aromatic rings. The Hall–Kier alpha value is -3.82. The molecule has 0 aliphatic carbocycles. The van der Waals surface area contributed by atoms with Gasteiger partial charge in [-0.25, -0.2) is 0 Å². The summed E-state index contributed by atoms with van der Waals surface area (Å²) in [6.45, 7) is 0.417. The van der Waals surface area contributed by atoms with E-state index in [1.54, 1.807) is 36.4 Å². The molecule has 10 heteroatoms. The number of anilines is 2. The topological polar surface area (TPSA) is 49.4 Å². The fourth-order valence-electron chi connectivity index (χ4n) is 3.89. The number of amides is 2. The second-order valence-electron chi connectivity index (χ2n) is 8.02. The Morgan fingerprint density at radius 3 is 2.00 bits per heavy atom. The highest BCUT2D eigenvalue weighted by Gasteiger charge is 2.37. The number of hydrogen-bond acceptors (Lipinski definition) is 2. The van der Waals surface area contributed by atoms with Gasteiger partial charge in [-0.2, -0.15) is 26.3 Å². The molecule has 2 amide bonds. The Balaban J connectivity index is 1.65. The third-order valence-corrected chi connectivity index (χ3v) is 5.58. The third kappa shape index (κ3) is 5.31. The third-order valence-electron chi connectivity index (χ3n) is 5.58. The van der Waals surface area contributed by atoms with E-state index in [4.69, 9.17) is 0 Å². The number of nitrogens with one attached hydrogen (secondary N) is 1. The highest BCUT2D eigenvalue weighted by Crippen LogP contribution is 2.37. The minimum atomic E-state index is -5.07. The summed E-state index contributed by atoms with van der Waals surface area (Å²) >= 11 is 0. The van der Waals surface area contributed by atoms with Gasteiger partial charge in [-0.3, -0.25) is 9.59 Å². The lowest BCUT2D eigenvalue weighted by Gasteiger charge is -2.30. The molecule has 1 aliphatic rings. The average molecular weight is 492 g/mol. The fourth-order valence-corrected chi connectivity index (χ4v) is 3.89. The zero-order valence-electron chi connectivity index (χ0n) is 18.0. The molecule has 0 bridgehead atoms. The molecule has 0 radical (unpaired) electrons. The van der Waals surface area contributed by atoms with E-state index in [1.165, 1.54) is 17.0 Å². The van der Waals surface area contributed by atoms with Crippen LogP contribution >= 0.6 is 0 Å². The maximum atomic E-state index is 13.1. The molecule has 4 nitrogen and oxygen atoms in total. The second kappa shape index (κ2) is 9.09. The van der Waals surface area contributed by atoms with Crippen LogP contribution in [0.15, 0.2) is 66.7 Å². The summed E-state index contributed by atoms with van der Waals surface area (Å²) in [6, 6.07) is 13.9. The van der Waals surface area contributed by atoms with Crippen molar-refractivity contribution in [3.05, 3.63) is 94.5 Å². The summed E-state index contributed by atoms with van der Waals surface area (Å²) in [5.74, 6) is -1.40. The lowest BCUT2D eigenvalue weighted by molar-refractivity contribution is -0.143. The predicted molar refractivity (Wildman–Crippen MR) is 117 cm³/mol. The van der Waals surface area contributed by atoms with Crippen LogP contribution in [0.2, 0.25) is 0 Å². The van der Waals surface area contributed by atoms with Gasteiger partial charge in [0.25, 0.3) is 11.8 Å². The Morgan fingerprint density at radius 2 is 1.40 bits per heavy atom. The quantitative estimate of drug-likeness (QED) is 0.421. The standard InChI is InChI=1S/C25H18F6N2O2/c26-24(27,28)18-11-17(12-19(13-18)25(29,30)31)22(34)32-20-9-8-15-7-4-10-33(21(15)14-20)23(35)16-5-2-1-3-6-16/h1-3,5-6,8-9,11-14H,4,7,10H2,(H,32,34). The van der Waals surface area contributed by atoms with Crippen molar-refractivity contribution in [3.8, 4) is 0 Å². The van der Waals surface area contributed by atoms with E-state index in [0.717, 1.165) is 5.56 Å². The Bertz CT molecular complexity index is 1240. The number of aryl methyl sites for hydroxylation is 1. The highest BCUT2D eigenvalue weighted by molar-refractivity contribution is 6.08. The molecule has 1 heterocycles. The van der Waals surface area contributed by atoms with Gasteiger partial charge in [0.2, 0.25) is 0 Å². The first-order valence-corrected chi connectivity index (χ1v) is 10.5. The maximum absolute atomic E-state index is 13.1. The number of halogens is 6. The average Bonchev–Trinajstić information content (AvgIpc) is 2.82. The van der Waals surface area contributed by atoms with Crippen molar-refractivity contribution in [1.29, 1.82) is 0 Å². The van der Waals surface area contributed by atoms with Crippen LogP contribution in [0.1, 0.15) is 43.8 Å². The summed E-state index contributed by atoms with van der Waals surface area (Å²) in [5.41, 5.74) is -2.02. The minimum absolute atomic E-state index is 0.0389. The van der Waals surface area contributed by atoms with E-state index < -0.39 is 35.0 Å². The monoisotopic (exact) mass is 492 g/mol. The van der Waals surface area contributed by atoms with Gasteiger partial charge in [-0.1, -0.05) is 24.3 Å². The molecular weight excluding hydrogens is 474 g/mol. The van der Waals surface area contributed by atoms with Crippen LogP contribution in [0.25, 0.3) is 0 Å². The predicted octanol–water partition coefficient (Wildman–Crippen LogP) is 6.57. The number of alkyl halides is 6. The minimum Gasteiger partial charge on any atom is -0.322 e. The summed E-state index contributed by atoms with van der Waals surface area (Å²) in [4.78, 5) is 27.2. The van der Waals surface area contributed by atoms with E-state index >= 15 is 0 Å². The van der Waals surface area contributed by atoms with Gasteiger partial charge in [0.05, 0.1) is 11.1 Å². The molecule has 1 aliphatic heterocycles. The molecule has 0 unspecified atom stereocenters. The maximum Gasteiger partial charge on any atom is 0.416 e. The van der Waals surface area contributed by atoms with Crippen molar-refractivity contribution in [2.75, 3.05) is 16.8 Å². The van der Waals surface area contributed by atoms with Gasteiger partial charge in [0.15, 0.2) is 0 Å². The molecule has 0 saturated carbocycles. The van der Waals surface area contributed by atoms with Crippen molar-refractivity contribution in [1.82, 2.24) is 0 Å². The van der Waals surface area contributed by atoms with Gasteiger partial charge in [0, 0.05) is 29.0 Å². The first kappa shape index (κ1) is 24.3. The summed E-state index contributed by atoms with van der Waals surface area (Å²) in [6.07, 6.45) is -8.76. The van der Waals surface area contributed by atoms with Crippen molar-refractivity contribution < 1.29 is 35.9 Å². The molecule has 4 rings (SSSR count). The lowest BCUT2D eigenvalue weighted by atomic mass is 9.99. The van der Waals surface area contributed by atoms with Crippen LogP contribution in [0.5, 0.6) is 0 Å². The fraction of sp³-hybridized carbons (Fsp3) is 0.200. The first-order valence-electron chi connectivity index (χ1n) is 10.5.